The van der Waals surface area contributed by atoms with Gasteiger partial charge in [-0.05, 0) is 55.1 Å². The molecule has 4 nitrogen and oxygen atoms in total. The smallest absolute Gasteiger partial charge is 0.173 e. The fourth-order valence-electron chi connectivity index (χ4n) is 2.84. The number of halogens is 2. The minimum Gasteiger partial charge on any atom is -0.347 e. The minimum atomic E-state index is -0.341. The zero-order valence-corrected chi connectivity index (χ0v) is 16.3. The van der Waals surface area contributed by atoms with Gasteiger partial charge < -0.3 is 20.4 Å². The fourth-order valence-corrected chi connectivity index (χ4v) is 3.42. The molecule has 8 heteroatoms. The van der Waals surface area contributed by atoms with E-state index in [0.717, 1.165) is 19.5 Å². The molecule has 0 saturated carbocycles. The van der Waals surface area contributed by atoms with Crippen molar-refractivity contribution >= 4 is 46.0 Å². The zero-order valence-electron chi connectivity index (χ0n) is 14.6. The van der Waals surface area contributed by atoms with Gasteiger partial charge in [0.25, 0.3) is 0 Å². The Morgan fingerprint density at radius 3 is 1.52 bits per heavy atom. The second-order valence-electron chi connectivity index (χ2n) is 6.15. The van der Waals surface area contributed by atoms with Gasteiger partial charge in [-0.25, -0.2) is 8.78 Å². The molecule has 0 unspecified atom stereocenters. The number of anilines is 2. The van der Waals surface area contributed by atoms with E-state index in [-0.39, 0.29) is 11.6 Å². The first-order valence-corrected chi connectivity index (χ1v) is 9.47. The largest absolute Gasteiger partial charge is 0.347 e. The van der Waals surface area contributed by atoms with E-state index in [4.69, 9.17) is 24.4 Å². The first-order chi connectivity index (χ1) is 13.0. The number of para-hydroxylation sites is 2. The van der Waals surface area contributed by atoms with Crippen LogP contribution in [-0.4, -0.2) is 46.2 Å². The van der Waals surface area contributed by atoms with E-state index in [1.807, 2.05) is 9.80 Å². The third-order valence-electron chi connectivity index (χ3n) is 4.30. The predicted molar refractivity (Wildman–Crippen MR) is 113 cm³/mol. The Morgan fingerprint density at radius 2 is 1.11 bits per heavy atom. The molecular formula is C19H20F2N4S2. The van der Waals surface area contributed by atoms with E-state index >= 15 is 0 Å². The summed E-state index contributed by atoms with van der Waals surface area (Å²) in [6.07, 6.45) is 0.832. The van der Waals surface area contributed by atoms with Gasteiger partial charge in [-0.1, -0.05) is 24.3 Å². The van der Waals surface area contributed by atoms with Gasteiger partial charge in [0.2, 0.25) is 0 Å². The minimum absolute atomic E-state index is 0.341. The summed E-state index contributed by atoms with van der Waals surface area (Å²) in [5.74, 6) is -0.682. The average molecular weight is 407 g/mol. The maximum absolute atomic E-state index is 13.8. The Morgan fingerprint density at radius 1 is 0.704 bits per heavy atom. The van der Waals surface area contributed by atoms with Gasteiger partial charge in [-0.15, -0.1) is 0 Å². The Balaban J connectivity index is 1.57. The van der Waals surface area contributed by atoms with Crippen LogP contribution in [0.3, 0.4) is 0 Å². The van der Waals surface area contributed by atoms with Gasteiger partial charge in [-0.3, -0.25) is 0 Å². The van der Waals surface area contributed by atoms with Gasteiger partial charge in [0.1, 0.15) is 11.6 Å². The van der Waals surface area contributed by atoms with Crippen LogP contribution in [-0.2, 0) is 0 Å². The van der Waals surface area contributed by atoms with E-state index in [1.54, 1.807) is 36.4 Å². The number of hydrogen-bond acceptors (Lipinski definition) is 2. The summed E-state index contributed by atoms with van der Waals surface area (Å²) in [5, 5.41) is 6.89. The van der Waals surface area contributed by atoms with Crippen LogP contribution in [0, 0.1) is 11.6 Å². The van der Waals surface area contributed by atoms with E-state index in [1.165, 1.54) is 12.1 Å². The highest BCUT2D eigenvalue weighted by atomic mass is 32.1. The molecule has 27 heavy (non-hydrogen) atoms. The van der Waals surface area contributed by atoms with Crippen LogP contribution >= 0.6 is 24.4 Å². The lowest BCUT2D eigenvalue weighted by atomic mass is 10.3. The molecule has 1 heterocycles. The molecule has 3 rings (SSSR count). The molecule has 142 valence electrons. The van der Waals surface area contributed by atoms with E-state index in [2.05, 4.69) is 10.6 Å². The predicted octanol–water partition coefficient (Wildman–Crippen LogP) is 4.07. The molecule has 0 bridgehead atoms. The van der Waals surface area contributed by atoms with Gasteiger partial charge in [0.15, 0.2) is 10.2 Å². The van der Waals surface area contributed by atoms with E-state index in [9.17, 15) is 8.78 Å². The third kappa shape index (κ3) is 5.11. The first-order valence-electron chi connectivity index (χ1n) is 8.65. The van der Waals surface area contributed by atoms with Crippen LogP contribution in [0.5, 0.6) is 0 Å². The molecule has 1 saturated heterocycles. The molecule has 2 aromatic carbocycles. The average Bonchev–Trinajstić information content (AvgIpc) is 2.92. The first kappa shape index (κ1) is 19.4. The van der Waals surface area contributed by atoms with Crippen LogP contribution in [0.2, 0.25) is 0 Å². The summed E-state index contributed by atoms with van der Waals surface area (Å²) in [7, 11) is 0. The monoisotopic (exact) mass is 406 g/mol. The molecule has 0 atom stereocenters. The molecule has 2 aromatic rings. The van der Waals surface area contributed by atoms with Gasteiger partial charge >= 0.3 is 0 Å². The molecule has 0 spiro atoms. The standard InChI is InChI=1S/C19H20F2N4S2/c20-14-6-1-3-8-16(14)22-18(26)24-10-5-11-25(13-12-24)19(27)23-17-9-4-2-7-15(17)21/h1-4,6-9H,5,10-13H2,(H,22,26)(H,23,27). The zero-order chi connectivity index (χ0) is 19.2. The summed E-state index contributed by atoms with van der Waals surface area (Å²) in [6.45, 7) is 2.75. The number of hydrogen-bond donors (Lipinski definition) is 2. The lowest BCUT2D eigenvalue weighted by Crippen LogP contribution is -2.40. The quantitative estimate of drug-likeness (QED) is 0.732. The molecule has 1 aliphatic rings. The molecule has 1 fully saturated rings. The van der Waals surface area contributed by atoms with Crippen molar-refractivity contribution in [1.29, 1.82) is 0 Å². The number of benzene rings is 2. The Bertz CT molecular complexity index is 763. The highest BCUT2D eigenvalue weighted by Gasteiger charge is 2.19. The number of nitrogens with one attached hydrogen (secondary N) is 2. The lowest BCUT2D eigenvalue weighted by molar-refractivity contribution is 0.418. The van der Waals surface area contributed by atoms with Crippen molar-refractivity contribution in [3.8, 4) is 0 Å². The Kier molecular flexibility index (Phi) is 6.52. The Hall–Kier alpha value is -2.32. The van der Waals surface area contributed by atoms with Crippen LogP contribution in [0.1, 0.15) is 6.42 Å². The maximum Gasteiger partial charge on any atom is 0.173 e. The van der Waals surface area contributed by atoms with Gasteiger partial charge in [0, 0.05) is 26.2 Å². The molecule has 0 amide bonds. The molecule has 2 N–H and O–H groups in total. The van der Waals surface area contributed by atoms with Crippen LogP contribution < -0.4 is 10.6 Å². The van der Waals surface area contributed by atoms with Crippen LogP contribution in [0.4, 0.5) is 20.2 Å². The van der Waals surface area contributed by atoms with Crippen molar-refractivity contribution in [1.82, 2.24) is 9.80 Å². The number of thiocarbonyl (C=S) groups is 2. The highest BCUT2D eigenvalue weighted by molar-refractivity contribution is 7.80. The molecule has 1 aliphatic heterocycles. The summed E-state index contributed by atoms with van der Waals surface area (Å²) in [4.78, 5) is 3.99. The van der Waals surface area contributed by atoms with Crippen molar-refractivity contribution < 1.29 is 8.78 Å². The number of nitrogens with zero attached hydrogens (tertiary/aromatic N) is 2. The van der Waals surface area contributed by atoms with Crippen LogP contribution in [0.15, 0.2) is 48.5 Å². The van der Waals surface area contributed by atoms with E-state index < -0.39 is 0 Å². The lowest BCUT2D eigenvalue weighted by Gasteiger charge is -2.26. The summed E-state index contributed by atoms with van der Waals surface area (Å²) in [5.41, 5.74) is 0.723. The van der Waals surface area contributed by atoms with Gasteiger partial charge in [0.05, 0.1) is 11.4 Å². The van der Waals surface area contributed by atoms with Crippen molar-refractivity contribution in [3.05, 3.63) is 60.2 Å². The SMILES string of the molecule is Fc1ccccc1NC(=S)N1CCCN(C(=S)Nc2ccccc2F)CC1. The summed E-state index contributed by atoms with van der Waals surface area (Å²) < 4.78 is 27.6. The van der Waals surface area contributed by atoms with Crippen molar-refractivity contribution in [3.63, 3.8) is 0 Å². The van der Waals surface area contributed by atoms with E-state index in [0.29, 0.717) is 34.7 Å². The summed E-state index contributed by atoms with van der Waals surface area (Å²) >= 11 is 10.9. The molecular weight excluding hydrogens is 386 g/mol. The normalized spacial score (nSPS) is 14.4. The fraction of sp³-hybridized carbons (Fsp3) is 0.263. The maximum atomic E-state index is 13.8. The van der Waals surface area contributed by atoms with Crippen molar-refractivity contribution in [2.24, 2.45) is 0 Å². The second-order valence-corrected chi connectivity index (χ2v) is 6.92. The number of rotatable bonds is 2. The Labute approximate surface area is 168 Å². The van der Waals surface area contributed by atoms with Crippen molar-refractivity contribution in [2.75, 3.05) is 36.8 Å². The molecule has 0 aliphatic carbocycles. The molecule has 0 aromatic heterocycles. The van der Waals surface area contributed by atoms with Gasteiger partial charge in [-0.2, -0.15) is 0 Å². The van der Waals surface area contributed by atoms with Crippen molar-refractivity contribution in [2.45, 2.75) is 6.42 Å². The van der Waals surface area contributed by atoms with Crippen LogP contribution in [0.25, 0.3) is 0 Å². The third-order valence-corrected chi connectivity index (χ3v) is 5.02. The highest BCUT2D eigenvalue weighted by Crippen LogP contribution is 2.16. The summed E-state index contributed by atoms with van der Waals surface area (Å²) in [6, 6.07) is 12.9. The second kappa shape index (κ2) is 9.05. The molecule has 0 radical (unpaired) electrons. The topological polar surface area (TPSA) is 30.5 Å².